The van der Waals surface area contributed by atoms with E-state index in [1.165, 1.54) is 12.1 Å². The van der Waals surface area contributed by atoms with Crippen molar-refractivity contribution in [2.75, 3.05) is 26.3 Å². The topological polar surface area (TPSA) is 102 Å². The summed E-state index contributed by atoms with van der Waals surface area (Å²) in [6.45, 7) is -0.657. The number of esters is 1. The quantitative estimate of drug-likeness (QED) is 0.399. The molecule has 150 valence electrons. The van der Waals surface area contributed by atoms with Crippen LogP contribution in [0.15, 0.2) is 48.5 Å². The highest BCUT2D eigenvalue weighted by atomic mass is 35.5. The number of amides is 3. The highest BCUT2D eigenvalue weighted by Crippen LogP contribution is 2.22. The minimum Gasteiger partial charge on any atom is -0.492 e. The second-order valence-electron chi connectivity index (χ2n) is 6.06. The van der Waals surface area contributed by atoms with E-state index >= 15 is 0 Å². The van der Waals surface area contributed by atoms with Crippen LogP contribution in [0, 0.1) is 0 Å². The first kappa shape index (κ1) is 20.3. The zero-order valence-electron chi connectivity index (χ0n) is 15.2. The molecule has 0 saturated heterocycles. The van der Waals surface area contributed by atoms with Crippen molar-refractivity contribution >= 4 is 35.3 Å². The van der Waals surface area contributed by atoms with E-state index in [4.69, 9.17) is 21.1 Å². The fraction of sp³-hybridized carbons (Fsp3) is 0.200. The van der Waals surface area contributed by atoms with Crippen molar-refractivity contribution < 1.29 is 28.7 Å². The van der Waals surface area contributed by atoms with E-state index in [9.17, 15) is 19.2 Å². The zero-order valence-corrected chi connectivity index (χ0v) is 16.0. The fourth-order valence-corrected chi connectivity index (χ4v) is 2.77. The third kappa shape index (κ3) is 5.11. The van der Waals surface area contributed by atoms with Crippen LogP contribution < -0.4 is 10.1 Å². The maximum Gasteiger partial charge on any atom is 0.326 e. The van der Waals surface area contributed by atoms with Gasteiger partial charge in [-0.1, -0.05) is 23.7 Å². The van der Waals surface area contributed by atoms with E-state index in [0.29, 0.717) is 10.8 Å². The molecule has 1 N–H and O–H groups in total. The molecule has 1 heterocycles. The highest BCUT2D eigenvalue weighted by Gasteiger charge is 2.36. The first-order valence-corrected chi connectivity index (χ1v) is 9.09. The number of rotatable bonds is 8. The van der Waals surface area contributed by atoms with E-state index in [2.05, 4.69) is 5.32 Å². The van der Waals surface area contributed by atoms with Gasteiger partial charge in [-0.25, -0.2) is 0 Å². The molecule has 1 aliphatic heterocycles. The SMILES string of the molecule is O=C(COC(=O)CN1C(=O)c2ccccc2C1=O)NCCOc1ccc(Cl)cc1. The Kier molecular flexibility index (Phi) is 6.46. The highest BCUT2D eigenvalue weighted by molar-refractivity contribution is 6.30. The molecule has 1 aliphatic rings. The van der Waals surface area contributed by atoms with E-state index < -0.39 is 36.8 Å². The van der Waals surface area contributed by atoms with Crippen LogP contribution in [0.3, 0.4) is 0 Å². The average Bonchev–Trinajstić information content (AvgIpc) is 2.96. The van der Waals surface area contributed by atoms with Crippen molar-refractivity contribution in [1.82, 2.24) is 10.2 Å². The number of nitrogens with zero attached hydrogens (tertiary/aromatic N) is 1. The zero-order chi connectivity index (χ0) is 20.8. The molecule has 0 aromatic heterocycles. The van der Waals surface area contributed by atoms with Crippen LogP contribution in [0.1, 0.15) is 20.7 Å². The molecule has 2 aromatic carbocycles. The molecule has 0 spiro atoms. The van der Waals surface area contributed by atoms with Gasteiger partial charge in [-0.15, -0.1) is 0 Å². The molecule has 0 radical (unpaired) electrons. The minimum atomic E-state index is -0.855. The molecule has 0 unspecified atom stereocenters. The molecule has 3 amide bonds. The van der Waals surface area contributed by atoms with E-state index in [-0.39, 0.29) is 24.3 Å². The molecule has 0 atom stereocenters. The van der Waals surface area contributed by atoms with Crippen LogP contribution >= 0.6 is 11.6 Å². The number of hydrogen-bond acceptors (Lipinski definition) is 6. The van der Waals surface area contributed by atoms with Gasteiger partial charge in [0.05, 0.1) is 17.7 Å². The van der Waals surface area contributed by atoms with Crippen LogP contribution in [-0.4, -0.2) is 54.9 Å². The molecule has 8 nitrogen and oxygen atoms in total. The molecule has 29 heavy (non-hydrogen) atoms. The maximum atomic E-state index is 12.2. The van der Waals surface area contributed by atoms with Gasteiger partial charge < -0.3 is 14.8 Å². The van der Waals surface area contributed by atoms with E-state index in [0.717, 1.165) is 4.90 Å². The monoisotopic (exact) mass is 416 g/mol. The predicted molar refractivity (Wildman–Crippen MR) is 103 cm³/mol. The van der Waals surface area contributed by atoms with Crippen molar-refractivity contribution in [2.45, 2.75) is 0 Å². The Morgan fingerprint density at radius 2 is 1.59 bits per heavy atom. The summed E-state index contributed by atoms with van der Waals surface area (Å²) in [5.74, 6) is -1.90. The standard InChI is InChI=1S/C20H17ClN2O6/c21-13-5-7-14(8-6-13)28-10-9-22-17(24)12-29-18(25)11-23-19(26)15-3-1-2-4-16(15)20(23)27/h1-8H,9-12H2,(H,22,24). The Labute approximate surface area is 171 Å². The number of hydrogen-bond donors (Lipinski definition) is 1. The van der Waals surface area contributed by atoms with Crippen LogP contribution in [0.4, 0.5) is 0 Å². The van der Waals surface area contributed by atoms with Crippen molar-refractivity contribution in [3.63, 3.8) is 0 Å². The number of halogens is 1. The molecule has 2 aromatic rings. The largest absolute Gasteiger partial charge is 0.492 e. The molecule has 3 rings (SSSR count). The van der Waals surface area contributed by atoms with Crippen LogP contribution in [0.2, 0.25) is 5.02 Å². The molecular weight excluding hydrogens is 400 g/mol. The third-order valence-electron chi connectivity index (χ3n) is 4.04. The average molecular weight is 417 g/mol. The lowest BCUT2D eigenvalue weighted by Gasteiger charge is -2.13. The van der Waals surface area contributed by atoms with Crippen molar-refractivity contribution in [3.8, 4) is 5.75 Å². The summed E-state index contributed by atoms with van der Waals surface area (Å²) in [5.41, 5.74) is 0.479. The molecule has 0 saturated carbocycles. The van der Waals surface area contributed by atoms with Crippen LogP contribution in [-0.2, 0) is 14.3 Å². The number of imide groups is 1. The molecule has 0 bridgehead atoms. The summed E-state index contributed by atoms with van der Waals surface area (Å²) in [6.07, 6.45) is 0. The third-order valence-corrected chi connectivity index (χ3v) is 4.29. The molecule has 0 fully saturated rings. The Hall–Kier alpha value is -3.39. The Bertz CT molecular complexity index is 909. The van der Waals surface area contributed by atoms with Gasteiger partial charge in [0.2, 0.25) is 0 Å². The van der Waals surface area contributed by atoms with E-state index in [1.807, 2.05) is 0 Å². The van der Waals surface area contributed by atoms with Gasteiger partial charge in [0.15, 0.2) is 6.61 Å². The Morgan fingerprint density at radius 3 is 2.21 bits per heavy atom. The molecular formula is C20H17ClN2O6. The number of ether oxygens (including phenoxy) is 2. The van der Waals surface area contributed by atoms with Crippen molar-refractivity contribution in [1.29, 1.82) is 0 Å². The van der Waals surface area contributed by atoms with Gasteiger partial charge in [-0.2, -0.15) is 0 Å². The number of carbonyl (C=O) groups excluding carboxylic acids is 4. The first-order chi connectivity index (χ1) is 14.0. The van der Waals surface area contributed by atoms with Crippen LogP contribution in [0.25, 0.3) is 0 Å². The normalized spacial score (nSPS) is 12.5. The van der Waals surface area contributed by atoms with Gasteiger partial charge >= 0.3 is 5.97 Å². The van der Waals surface area contributed by atoms with Crippen molar-refractivity contribution in [3.05, 3.63) is 64.7 Å². The van der Waals surface area contributed by atoms with Gasteiger partial charge in [-0.3, -0.25) is 24.1 Å². The van der Waals surface area contributed by atoms with Crippen LogP contribution in [0.5, 0.6) is 5.75 Å². The van der Waals surface area contributed by atoms with Gasteiger partial charge in [-0.05, 0) is 36.4 Å². The van der Waals surface area contributed by atoms with Crippen molar-refractivity contribution in [2.24, 2.45) is 0 Å². The summed E-state index contributed by atoms with van der Waals surface area (Å²) >= 11 is 5.77. The lowest BCUT2D eigenvalue weighted by molar-refractivity contribution is -0.148. The number of benzene rings is 2. The summed E-state index contributed by atoms with van der Waals surface area (Å²) in [5, 5.41) is 3.12. The number of nitrogens with one attached hydrogen (secondary N) is 1. The van der Waals surface area contributed by atoms with E-state index in [1.54, 1.807) is 36.4 Å². The smallest absolute Gasteiger partial charge is 0.326 e. The second-order valence-corrected chi connectivity index (χ2v) is 6.49. The first-order valence-electron chi connectivity index (χ1n) is 8.71. The second kappa shape index (κ2) is 9.20. The lowest BCUT2D eigenvalue weighted by Crippen LogP contribution is -2.37. The lowest BCUT2D eigenvalue weighted by atomic mass is 10.1. The fourth-order valence-electron chi connectivity index (χ4n) is 2.64. The predicted octanol–water partition coefficient (Wildman–Crippen LogP) is 1.67. The minimum absolute atomic E-state index is 0.206. The number of carbonyl (C=O) groups is 4. The van der Waals surface area contributed by atoms with Gasteiger partial charge in [0, 0.05) is 5.02 Å². The Morgan fingerprint density at radius 1 is 0.966 bits per heavy atom. The summed E-state index contributed by atoms with van der Waals surface area (Å²) in [6, 6.07) is 13.1. The summed E-state index contributed by atoms with van der Waals surface area (Å²) in [4.78, 5) is 48.8. The van der Waals surface area contributed by atoms with Gasteiger partial charge in [0.1, 0.15) is 18.9 Å². The summed E-state index contributed by atoms with van der Waals surface area (Å²) < 4.78 is 10.3. The molecule has 0 aliphatic carbocycles. The number of fused-ring (bicyclic) bond motifs is 1. The maximum absolute atomic E-state index is 12.2. The molecule has 9 heteroatoms. The van der Waals surface area contributed by atoms with Gasteiger partial charge in [0.25, 0.3) is 17.7 Å². The summed E-state index contributed by atoms with van der Waals surface area (Å²) in [7, 11) is 0. The Balaban J connectivity index is 1.36.